The van der Waals surface area contributed by atoms with Gasteiger partial charge in [0.2, 0.25) is 5.91 Å². The number of halogens is 1. The van der Waals surface area contributed by atoms with Crippen molar-refractivity contribution in [1.82, 2.24) is 15.2 Å². The molecule has 0 radical (unpaired) electrons. The van der Waals surface area contributed by atoms with E-state index in [0.29, 0.717) is 18.0 Å². The van der Waals surface area contributed by atoms with Crippen molar-refractivity contribution in [1.29, 1.82) is 0 Å². The number of amides is 1. The van der Waals surface area contributed by atoms with Gasteiger partial charge in [-0.3, -0.25) is 4.79 Å². The highest BCUT2D eigenvalue weighted by Gasteiger charge is 2.42. The Balaban J connectivity index is 1.38. The van der Waals surface area contributed by atoms with Gasteiger partial charge in [-0.1, -0.05) is 0 Å². The van der Waals surface area contributed by atoms with Gasteiger partial charge in [-0.15, -0.1) is 0 Å². The number of rotatable bonds is 5. The summed E-state index contributed by atoms with van der Waals surface area (Å²) in [6.07, 6.45) is 2.19. The lowest BCUT2D eigenvalue weighted by Crippen LogP contribution is -2.42. The van der Waals surface area contributed by atoms with Crippen molar-refractivity contribution in [3.05, 3.63) is 48.3 Å². The first kappa shape index (κ1) is 23.0. The Morgan fingerprint density at radius 3 is 2.69 bits per heavy atom. The molecule has 1 aromatic heterocycles. The second-order valence-corrected chi connectivity index (χ2v) is 10.1. The number of methoxy groups -OCH3 is 1. The summed E-state index contributed by atoms with van der Waals surface area (Å²) in [5.74, 6) is 1.07. The molecule has 0 spiro atoms. The van der Waals surface area contributed by atoms with Gasteiger partial charge in [0.15, 0.2) is 11.6 Å². The zero-order valence-corrected chi connectivity index (χ0v) is 20.7. The molecule has 0 saturated carbocycles. The van der Waals surface area contributed by atoms with E-state index in [1.165, 1.54) is 13.2 Å². The van der Waals surface area contributed by atoms with Crippen molar-refractivity contribution in [2.75, 3.05) is 51.8 Å². The number of likely N-dealkylation sites (tertiary alicyclic amines) is 1. The van der Waals surface area contributed by atoms with Crippen LogP contribution >= 0.6 is 0 Å². The minimum atomic E-state index is -0.420. The Labute approximate surface area is 210 Å². The van der Waals surface area contributed by atoms with Crippen LogP contribution in [0.15, 0.2) is 42.5 Å². The van der Waals surface area contributed by atoms with Gasteiger partial charge in [-0.2, -0.15) is 0 Å². The van der Waals surface area contributed by atoms with Crippen LogP contribution in [0.1, 0.15) is 12.8 Å². The monoisotopic (exact) mass is 490 g/mol. The van der Waals surface area contributed by atoms with Crippen LogP contribution in [0.4, 0.5) is 10.1 Å². The van der Waals surface area contributed by atoms with Crippen LogP contribution in [0.3, 0.4) is 0 Å². The van der Waals surface area contributed by atoms with Crippen LogP contribution in [0, 0.1) is 17.7 Å². The maximum atomic E-state index is 14.8. The third-order valence-electron chi connectivity index (χ3n) is 7.84. The van der Waals surface area contributed by atoms with Gasteiger partial charge in [0.05, 0.1) is 24.2 Å². The van der Waals surface area contributed by atoms with Crippen LogP contribution in [-0.4, -0.2) is 68.8 Å². The lowest BCUT2D eigenvalue weighted by molar-refractivity contribution is -0.137. The van der Waals surface area contributed by atoms with E-state index >= 15 is 0 Å². The number of nitrogens with zero attached hydrogens (tertiary/aromatic N) is 3. The van der Waals surface area contributed by atoms with Gasteiger partial charge < -0.3 is 24.6 Å². The number of pyridine rings is 1. The van der Waals surface area contributed by atoms with Crippen LogP contribution < -0.4 is 19.7 Å². The largest absolute Gasteiger partial charge is 0.494 e. The van der Waals surface area contributed by atoms with Crippen LogP contribution in [0.5, 0.6) is 11.5 Å². The number of hydrogen-bond acceptors (Lipinski definition) is 6. The summed E-state index contributed by atoms with van der Waals surface area (Å²) in [6.45, 7) is 4.04. The van der Waals surface area contributed by atoms with E-state index in [-0.39, 0.29) is 23.7 Å². The first-order chi connectivity index (χ1) is 17.5. The van der Waals surface area contributed by atoms with Crippen molar-refractivity contribution >= 4 is 22.5 Å². The molecule has 3 aromatic rings. The smallest absolute Gasteiger partial charge is 0.227 e. The summed E-state index contributed by atoms with van der Waals surface area (Å²) in [4.78, 5) is 21.8. The lowest BCUT2D eigenvalue weighted by atomic mass is 9.88. The molecule has 8 heteroatoms. The molecule has 36 heavy (non-hydrogen) atoms. The third kappa shape index (κ3) is 4.13. The van der Waals surface area contributed by atoms with E-state index in [1.807, 2.05) is 42.3 Å². The average Bonchev–Trinajstić information content (AvgIpc) is 3.56. The molecule has 2 aromatic carbocycles. The molecule has 3 unspecified atom stereocenters. The molecule has 3 fully saturated rings. The van der Waals surface area contributed by atoms with Gasteiger partial charge in [0, 0.05) is 55.9 Å². The Morgan fingerprint density at radius 1 is 1.11 bits per heavy atom. The third-order valence-corrected chi connectivity index (χ3v) is 7.84. The van der Waals surface area contributed by atoms with Crippen LogP contribution in [-0.2, 0) is 4.79 Å². The molecule has 6 rings (SSSR count). The molecular formula is C28H31FN4O3. The zero-order valence-electron chi connectivity index (χ0n) is 20.7. The van der Waals surface area contributed by atoms with Crippen molar-refractivity contribution in [3.63, 3.8) is 0 Å². The number of anilines is 1. The fourth-order valence-corrected chi connectivity index (χ4v) is 5.79. The Kier molecular flexibility index (Phi) is 5.91. The average molecular weight is 491 g/mol. The maximum absolute atomic E-state index is 14.8. The zero-order chi connectivity index (χ0) is 24.8. The first-order valence-electron chi connectivity index (χ1n) is 12.7. The van der Waals surface area contributed by atoms with Crippen molar-refractivity contribution in [3.8, 4) is 22.8 Å². The second-order valence-electron chi connectivity index (χ2n) is 10.1. The van der Waals surface area contributed by atoms with E-state index in [1.54, 1.807) is 6.07 Å². The second kappa shape index (κ2) is 9.24. The summed E-state index contributed by atoms with van der Waals surface area (Å²) < 4.78 is 26.1. The molecule has 3 atom stereocenters. The van der Waals surface area contributed by atoms with Crippen molar-refractivity contribution < 1.29 is 18.7 Å². The molecule has 0 aliphatic carbocycles. The first-order valence-corrected chi connectivity index (χ1v) is 12.7. The minimum Gasteiger partial charge on any atom is -0.494 e. The Morgan fingerprint density at radius 2 is 1.94 bits per heavy atom. The van der Waals surface area contributed by atoms with Crippen molar-refractivity contribution in [2.24, 2.45) is 11.8 Å². The number of carbonyl (C=O) groups excluding carboxylic acids is 1. The van der Waals surface area contributed by atoms with Gasteiger partial charge >= 0.3 is 0 Å². The standard InChI is InChI=1S/C28H31FN4O3/c1-32-10-8-18-15-33(16-22(18)28(32)34)26-12-24(31-25-13-27(35-2)23(29)11-21(25)26)17-3-5-19(6-4-17)36-20-7-9-30-14-20/h3-6,11-13,18,20,22,30H,7-10,14-16H2,1-2H3. The highest BCUT2D eigenvalue weighted by atomic mass is 19.1. The van der Waals surface area contributed by atoms with Gasteiger partial charge in [0.25, 0.3) is 0 Å². The molecule has 4 heterocycles. The number of ether oxygens (including phenoxy) is 2. The SMILES string of the molecule is COc1cc2nc(-c3ccc(OC4CCNC4)cc3)cc(N3CC4CCN(C)C(=O)C4C3)c2cc1F. The molecule has 3 aliphatic heterocycles. The van der Waals surface area contributed by atoms with Gasteiger partial charge in [-0.25, -0.2) is 9.37 Å². The number of hydrogen-bond donors (Lipinski definition) is 1. The number of piperidine rings is 1. The molecule has 3 aliphatic rings. The molecule has 3 saturated heterocycles. The van der Waals surface area contributed by atoms with Crippen LogP contribution in [0.2, 0.25) is 0 Å². The van der Waals surface area contributed by atoms with E-state index < -0.39 is 5.82 Å². The predicted molar refractivity (Wildman–Crippen MR) is 137 cm³/mol. The van der Waals surface area contributed by atoms with Gasteiger partial charge in [-0.05, 0) is 61.7 Å². The quantitative estimate of drug-likeness (QED) is 0.588. The number of benzene rings is 2. The number of fused-ring (bicyclic) bond motifs is 2. The fraction of sp³-hybridized carbons (Fsp3) is 0.429. The summed E-state index contributed by atoms with van der Waals surface area (Å²) >= 11 is 0. The van der Waals surface area contributed by atoms with E-state index in [9.17, 15) is 9.18 Å². The van der Waals surface area contributed by atoms with E-state index in [2.05, 4.69) is 10.2 Å². The topological polar surface area (TPSA) is 66.9 Å². The minimum absolute atomic E-state index is 0.0278. The normalized spacial score (nSPS) is 23.9. The van der Waals surface area contributed by atoms with Crippen LogP contribution in [0.25, 0.3) is 22.2 Å². The van der Waals surface area contributed by atoms with E-state index in [4.69, 9.17) is 14.5 Å². The lowest BCUT2D eigenvalue weighted by Gasteiger charge is -2.30. The number of aromatic nitrogens is 1. The Hall–Kier alpha value is -3.39. The molecule has 7 nitrogen and oxygen atoms in total. The maximum Gasteiger partial charge on any atom is 0.227 e. The summed E-state index contributed by atoms with van der Waals surface area (Å²) in [5.41, 5.74) is 3.31. The highest BCUT2D eigenvalue weighted by molar-refractivity contribution is 5.96. The molecule has 1 N–H and O–H groups in total. The summed E-state index contributed by atoms with van der Waals surface area (Å²) in [7, 11) is 3.33. The van der Waals surface area contributed by atoms with Crippen molar-refractivity contribution in [2.45, 2.75) is 18.9 Å². The van der Waals surface area contributed by atoms with E-state index in [0.717, 1.165) is 67.1 Å². The number of carbonyl (C=O) groups is 1. The number of nitrogens with one attached hydrogen (secondary N) is 1. The molecular weight excluding hydrogens is 459 g/mol. The predicted octanol–water partition coefficient (Wildman–Crippen LogP) is 3.70. The molecule has 188 valence electrons. The fourth-order valence-electron chi connectivity index (χ4n) is 5.79. The Bertz CT molecular complexity index is 1290. The summed E-state index contributed by atoms with van der Waals surface area (Å²) in [5, 5.41) is 4.04. The molecule has 0 bridgehead atoms. The highest BCUT2D eigenvalue weighted by Crippen LogP contribution is 2.40. The molecule has 1 amide bonds. The summed E-state index contributed by atoms with van der Waals surface area (Å²) in [6, 6.07) is 13.2. The van der Waals surface area contributed by atoms with Gasteiger partial charge in [0.1, 0.15) is 11.9 Å².